The Bertz CT molecular complexity index is 73.7. The van der Waals surface area contributed by atoms with Gasteiger partial charge >= 0.3 is 59.1 Å². The Hall–Kier alpha value is 0.887. The van der Waals surface area contributed by atoms with Gasteiger partial charge in [0.15, 0.2) is 0 Å². The molecular formula is CNa2O6Si-2. The van der Waals surface area contributed by atoms with E-state index in [1.54, 1.807) is 0 Å². The Morgan fingerprint density at radius 3 is 1.10 bits per heavy atom. The summed E-state index contributed by atoms with van der Waals surface area (Å²) < 4.78 is 8.52. The van der Waals surface area contributed by atoms with Crippen LogP contribution in [0.2, 0.25) is 0 Å². The van der Waals surface area contributed by atoms with Crippen molar-refractivity contribution in [2.75, 3.05) is 0 Å². The van der Waals surface area contributed by atoms with Crippen molar-refractivity contribution in [1.29, 1.82) is 0 Å². The Labute approximate surface area is 102 Å². The molecule has 0 aliphatic heterocycles. The summed E-state index contributed by atoms with van der Waals surface area (Å²) >= 11 is 0. The quantitative estimate of drug-likeness (QED) is 0.342. The number of carboxylic acid groups (broad SMARTS) is 2. The van der Waals surface area contributed by atoms with Crippen LogP contribution < -0.4 is 78.9 Å². The first-order valence-corrected chi connectivity index (χ1v) is 2.45. The fourth-order valence-electron chi connectivity index (χ4n) is 0. The van der Waals surface area contributed by atoms with Gasteiger partial charge in [-0.2, -0.15) is 0 Å². The Morgan fingerprint density at radius 1 is 1.10 bits per heavy atom. The molecule has 0 rings (SSSR count). The van der Waals surface area contributed by atoms with Gasteiger partial charge < -0.3 is 29.1 Å². The van der Waals surface area contributed by atoms with E-state index in [1.165, 1.54) is 0 Å². The summed E-state index contributed by atoms with van der Waals surface area (Å²) in [7, 11) is -3.63. The van der Waals surface area contributed by atoms with E-state index in [4.69, 9.17) is 29.1 Å². The molecule has 0 N–H and O–H groups in total. The molecule has 0 bridgehead atoms. The van der Waals surface area contributed by atoms with Gasteiger partial charge in [0.25, 0.3) is 0 Å². The van der Waals surface area contributed by atoms with E-state index in [1.807, 2.05) is 0 Å². The molecule has 10 heavy (non-hydrogen) atoms. The fourth-order valence-corrected chi connectivity index (χ4v) is 0. The molecule has 0 aromatic carbocycles. The predicted molar refractivity (Wildman–Crippen MR) is 11.8 cm³/mol. The largest absolute Gasteiger partial charge is 1.00 e. The molecule has 9 heteroatoms. The topological polar surface area (TPSA) is 126 Å². The van der Waals surface area contributed by atoms with Crippen molar-refractivity contribution in [3.8, 4) is 0 Å². The molecule has 0 heterocycles. The summed E-state index contributed by atoms with van der Waals surface area (Å²) in [5, 5.41) is 16.7. The summed E-state index contributed by atoms with van der Waals surface area (Å²) in [5.41, 5.74) is 0. The number of carbonyl (C=O) groups excluding carboxylic acids is 1. The van der Waals surface area contributed by atoms with Gasteiger partial charge in [0.2, 0.25) is 0 Å². The second kappa shape index (κ2) is 16.5. The van der Waals surface area contributed by atoms with E-state index < -0.39 is 15.3 Å². The van der Waals surface area contributed by atoms with Gasteiger partial charge in [-0.1, -0.05) is 0 Å². The van der Waals surface area contributed by atoms with Crippen molar-refractivity contribution in [1.82, 2.24) is 0 Å². The molecule has 0 saturated heterocycles. The smallest absolute Gasteiger partial charge is 0.672 e. The molecule has 0 aliphatic carbocycles. The molecule has 0 aromatic rings. The molecule has 0 spiro atoms. The van der Waals surface area contributed by atoms with Crippen LogP contribution in [0.3, 0.4) is 0 Å². The third-order valence-electron chi connectivity index (χ3n) is 0. The number of hydrogen-bond acceptors (Lipinski definition) is 6. The van der Waals surface area contributed by atoms with E-state index in [2.05, 4.69) is 0 Å². The van der Waals surface area contributed by atoms with E-state index in [9.17, 15) is 0 Å². The monoisotopic (exact) mass is 182 g/mol. The third kappa shape index (κ3) is 703. The van der Waals surface area contributed by atoms with Crippen molar-refractivity contribution in [3.05, 3.63) is 0 Å². The first-order valence-electron chi connectivity index (χ1n) is 1.22. The van der Waals surface area contributed by atoms with Crippen molar-refractivity contribution in [2.24, 2.45) is 0 Å². The molecule has 6 nitrogen and oxygen atoms in total. The van der Waals surface area contributed by atoms with Crippen LogP contribution in [0.4, 0.5) is 4.79 Å². The molecule has 0 amide bonds. The van der Waals surface area contributed by atoms with E-state index in [0.717, 1.165) is 0 Å². The minimum absolute atomic E-state index is 0. The van der Waals surface area contributed by atoms with Crippen molar-refractivity contribution < 1.29 is 88.2 Å². The minimum Gasteiger partial charge on any atom is -0.672 e. The van der Waals surface area contributed by atoms with E-state index in [-0.39, 0.29) is 59.1 Å². The van der Waals surface area contributed by atoms with Crippen LogP contribution in [0.1, 0.15) is 0 Å². The SMILES string of the molecule is O=C([O-])[O-].O=[Si]([O-])[O-].[Na+].[Na+]. The summed E-state index contributed by atoms with van der Waals surface area (Å²) in [5.74, 6) is 0. The van der Waals surface area contributed by atoms with Crippen LogP contribution in [-0.4, -0.2) is 15.3 Å². The van der Waals surface area contributed by atoms with Crippen molar-refractivity contribution >= 4 is 15.3 Å². The zero-order chi connectivity index (χ0) is 7.15. The van der Waals surface area contributed by atoms with E-state index in [0.29, 0.717) is 0 Å². The van der Waals surface area contributed by atoms with Crippen LogP contribution >= 0.6 is 0 Å². The maximum Gasteiger partial charge on any atom is 1.00 e. The third-order valence-corrected chi connectivity index (χ3v) is 0. The van der Waals surface area contributed by atoms with Gasteiger partial charge in [-0.05, 0) is 6.16 Å². The zero-order valence-corrected chi connectivity index (χ0v) is 10.4. The standard InChI is InChI=1S/CH2O3.2Na.O3Si/c2-1(3)4;;;1-4(2)3/h(H2,2,3,4);;;/q;2*+1;-2/p-2. The zero-order valence-electron chi connectivity index (χ0n) is 5.45. The average molecular weight is 182 g/mol. The number of hydrogen-bond donors (Lipinski definition) is 0. The number of rotatable bonds is 0. The summed E-state index contributed by atoms with van der Waals surface area (Å²) in [6.45, 7) is 0. The fraction of sp³-hybridized carbons (Fsp3) is 0. The van der Waals surface area contributed by atoms with Gasteiger partial charge in [0, 0.05) is 9.17 Å². The predicted octanol–water partition coefficient (Wildman–Crippen LogP) is -11.3. The molecular weight excluding hydrogens is 182 g/mol. The summed E-state index contributed by atoms with van der Waals surface area (Å²) in [6, 6.07) is 0. The van der Waals surface area contributed by atoms with Crippen LogP contribution in [-0.2, 0) is 4.46 Å². The molecule has 0 atom stereocenters. The molecule has 0 aromatic heterocycles. The normalized spacial score (nSPS) is 4.80. The molecule has 0 aliphatic rings. The Kier molecular flexibility index (Phi) is 36.9. The van der Waals surface area contributed by atoms with E-state index >= 15 is 0 Å². The molecule has 48 valence electrons. The van der Waals surface area contributed by atoms with Gasteiger partial charge in [-0.3, -0.25) is 0 Å². The Balaban J connectivity index is -0.0000000300. The van der Waals surface area contributed by atoms with Crippen LogP contribution in [0.25, 0.3) is 0 Å². The molecule has 0 saturated carbocycles. The van der Waals surface area contributed by atoms with Gasteiger partial charge in [0.1, 0.15) is 0 Å². The van der Waals surface area contributed by atoms with Gasteiger partial charge in [0.05, 0.1) is 0 Å². The van der Waals surface area contributed by atoms with Crippen LogP contribution in [0, 0.1) is 0 Å². The maximum atomic E-state index is 8.52. The Morgan fingerprint density at radius 2 is 1.10 bits per heavy atom. The van der Waals surface area contributed by atoms with Crippen LogP contribution in [0.15, 0.2) is 0 Å². The maximum absolute atomic E-state index is 8.52. The van der Waals surface area contributed by atoms with Gasteiger partial charge in [-0.25, -0.2) is 0 Å². The van der Waals surface area contributed by atoms with Crippen molar-refractivity contribution in [2.45, 2.75) is 0 Å². The second-order valence-electron chi connectivity index (χ2n) is 0.500. The summed E-state index contributed by atoms with van der Waals surface area (Å²) in [6.07, 6.45) is -2.33. The molecule has 0 fully saturated rings. The molecule has 0 unspecified atom stereocenters. The first kappa shape index (κ1) is 22.4. The number of carbonyl (C=O) groups is 1. The second-order valence-corrected chi connectivity index (χ2v) is 1.00. The first-order chi connectivity index (χ1) is 3.46. The van der Waals surface area contributed by atoms with Gasteiger partial charge in [-0.15, -0.1) is 0 Å². The van der Waals surface area contributed by atoms with Crippen molar-refractivity contribution in [3.63, 3.8) is 0 Å². The van der Waals surface area contributed by atoms with Crippen LogP contribution in [0.5, 0.6) is 0 Å². The molecule has 0 radical (unpaired) electrons. The minimum atomic E-state index is -3.63. The summed E-state index contributed by atoms with van der Waals surface area (Å²) in [4.78, 5) is 25.4. The average Bonchev–Trinajstić information content (AvgIpc) is 1.25.